The van der Waals surface area contributed by atoms with Gasteiger partial charge < -0.3 is 15.0 Å². The van der Waals surface area contributed by atoms with E-state index in [9.17, 15) is 9.59 Å². The number of ether oxygens (including phenoxy) is 1. The van der Waals surface area contributed by atoms with Crippen LogP contribution in [0, 0.1) is 0 Å². The predicted octanol–water partition coefficient (Wildman–Crippen LogP) is 1.45. The topological polar surface area (TPSA) is 71.2 Å². The average Bonchev–Trinajstić information content (AvgIpc) is 2.41. The van der Waals surface area contributed by atoms with Crippen molar-refractivity contribution in [1.82, 2.24) is 10.3 Å². The number of hydrogen-bond acceptors (Lipinski definition) is 3. The van der Waals surface area contributed by atoms with Crippen molar-refractivity contribution < 1.29 is 9.53 Å². The normalized spacial score (nSPS) is 23.0. The van der Waals surface area contributed by atoms with Crippen molar-refractivity contribution in [2.45, 2.75) is 44.8 Å². The molecule has 2 N–H and O–H groups in total. The minimum Gasteiger partial charge on any atom is -0.376 e. The highest BCUT2D eigenvalue weighted by atomic mass is 16.5. The number of aromatic nitrogens is 1. The number of pyridine rings is 1. The van der Waals surface area contributed by atoms with Crippen molar-refractivity contribution in [3.63, 3.8) is 0 Å². The van der Waals surface area contributed by atoms with Gasteiger partial charge in [-0.3, -0.25) is 9.59 Å². The zero-order valence-corrected chi connectivity index (χ0v) is 11.1. The van der Waals surface area contributed by atoms with E-state index in [-0.39, 0.29) is 23.5 Å². The van der Waals surface area contributed by atoms with Crippen LogP contribution in [0.2, 0.25) is 0 Å². The Balaban J connectivity index is 2.02. The molecule has 2 rings (SSSR count). The summed E-state index contributed by atoms with van der Waals surface area (Å²) in [6.45, 7) is 2.61. The van der Waals surface area contributed by atoms with Gasteiger partial charge in [0.2, 0.25) is 0 Å². The monoisotopic (exact) mass is 264 g/mol. The summed E-state index contributed by atoms with van der Waals surface area (Å²) in [7, 11) is 0. The minimum absolute atomic E-state index is 0.0323. The maximum Gasteiger partial charge on any atom is 0.268 e. The van der Waals surface area contributed by atoms with E-state index in [2.05, 4.69) is 10.3 Å². The van der Waals surface area contributed by atoms with Crippen LogP contribution in [0.1, 0.15) is 43.1 Å². The van der Waals surface area contributed by atoms with Crippen LogP contribution in [-0.2, 0) is 4.74 Å². The van der Waals surface area contributed by atoms with Crippen LogP contribution >= 0.6 is 0 Å². The van der Waals surface area contributed by atoms with Crippen LogP contribution in [0.4, 0.5) is 0 Å². The van der Waals surface area contributed by atoms with E-state index in [0.29, 0.717) is 12.3 Å². The van der Waals surface area contributed by atoms with E-state index in [0.717, 1.165) is 25.7 Å². The number of hydrogen-bond donors (Lipinski definition) is 2. The molecule has 0 bridgehead atoms. The molecule has 0 saturated heterocycles. The number of H-pyrrole nitrogens is 1. The zero-order valence-electron chi connectivity index (χ0n) is 11.1. The standard InChI is InChI=1S/C14H20N2O3/c1-2-19-13-6-4-3-5-11(13)16-14(18)12-9-10(17)7-8-15-12/h7-9,11,13H,2-6H2,1H3,(H,15,17)(H,16,18)/t11-,13-/m0/s1. The lowest BCUT2D eigenvalue weighted by Gasteiger charge is -2.31. The Morgan fingerprint density at radius 3 is 3.00 bits per heavy atom. The summed E-state index contributed by atoms with van der Waals surface area (Å²) in [5, 5.41) is 2.96. The third kappa shape index (κ3) is 3.67. The lowest BCUT2D eigenvalue weighted by Crippen LogP contribution is -2.46. The Bertz CT molecular complexity index is 482. The van der Waals surface area contributed by atoms with Crippen LogP contribution in [0.5, 0.6) is 0 Å². The molecule has 1 aromatic rings. The Kier molecular flexibility index (Phi) is 4.74. The fourth-order valence-corrected chi connectivity index (χ4v) is 2.50. The molecule has 0 aliphatic heterocycles. The lowest BCUT2D eigenvalue weighted by molar-refractivity contribution is 0.0123. The summed E-state index contributed by atoms with van der Waals surface area (Å²) in [6.07, 6.45) is 5.70. The maximum absolute atomic E-state index is 12.1. The van der Waals surface area contributed by atoms with Crippen LogP contribution in [0.25, 0.3) is 0 Å². The average molecular weight is 264 g/mol. The SMILES string of the molecule is CCO[C@H]1CCCC[C@@H]1NC(=O)c1cc(=O)cc[nH]1. The molecule has 1 aromatic heterocycles. The predicted molar refractivity (Wildman–Crippen MR) is 72.2 cm³/mol. The molecule has 0 aromatic carbocycles. The molecule has 1 aliphatic carbocycles. The van der Waals surface area contributed by atoms with Gasteiger partial charge in [-0.2, -0.15) is 0 Å². The number of amides is 1. The van der Waals surface area contributed by atoms with Crippen molar-refractivity contribution in [3.05, 3.63) is 34.2 Å². The van der Waals surface area contributed by atoms with E-state index in [1.165, 1.54) is 18.3 Å². The summed E-state index contributed by atoms with van der Waals surface area (Å²) >= 11 is 0. The Morgan fingerprint density at radius 2 is 2.26 bits per heavy atom. The smallest absolute Gasteiger partial charge is 0.268 e. The van der Waals surface area contributed by atoms with Crippen molar-refractivity contribution in [3.8, 4) is 0 Å². The molecule has 0 unspecified atom stereocenters. The summed E-state index contributed by atoms with van der Waals surface area (Å²) in [6, 6.07) is 2.73. The quantitative estimate of drug-likeness (QED) is 0.864. The van der Waals surface area contributed by atoms with Crippen molar-refractivity contribution in [2.24, 2.45) is 0 Å². The molecular formula is C14H20N2O3. The molecule has 1 saturated carbocycles. The second kappa shape index (κ2) is 6.52. The molecule has 104 valence electrons. The van der Waals surface area contributed by atoms with Gasteiger partial charge in [-0.25, -0.2) is 0 Å². The van der Waals surface area contributed by atoms with Gasteiger partial charge in [-0.05, 0) is 19.8 Å². The van der Waals surface area contributed by atoms with E-state index >= 15 is 0 Å². The summed E-state index contributed by atoms with van der Waals surface area (Å²) in [5.74, 6) is -0.241. The van der Waals surface area contributed by atoms with E-state index < -0.39 is 0 Å². The van der Waals surface area contributed by atoms with E-state index in [1.54, 1.807) is 0 Å². The molecule has 19 heavy (non-hydrogen) atoms. The van der Waals surface area contributed by atoms with E-state index in [4.69, 9.17) is 4.74 Å². The van der Waals surface area contributed by atoms with Gasteiger partial charge in [0.25, 0.3) is 5.91 Å². The van der Waals surface area contributed by atoms with Gasteiger partial charge >= 0.3 is 0 Å². The maximum atomic E-state index is 12.1. The first-order chi connectivity index (χ1) is 9.20. The first-order valence-electron chi connectivity index (χ1n) is 6.82. The second-order valence-corrected chi connectivity index (χ2v) is 4.80. The van der Waals surface area contributed by atoms with Crippen LogP contribution < -0.4 is 10.7 Å². The van der Waals surface area contributed by atoms with Gasteiger partial charge in [-0.1, -0.05) is 12.8 Å². The minimum atomic E-state index is -0.241. The molecule has 0 spiro atoms. The molecule has 5 heteroatoms. The Labute approximate surface area is 112 Å². The lowest BCUT2D eigenvalue weighted by atomic mass is 9.92. The number of aromatic amines is 1. The van der Waals surface area contributed by atoms with Crippen molar-refractivity contribution in [1.29, 1.82) is 0 Å². The van der Waals surface area contributed by atoms with Crippen LogP contribution in [0.15, 0.2) is 23.1 Å². The fraction of sp³-hybridized carbons (Fsp3) is 0.571. The molecular weight excluding hydrogens is 244 g/mol. The molecule has 5 nitrogen and oxygen atoms in total. The van der Waals surface area contributed by atoms with Crippen LogP contribution in [-0.4, -0.2) is 29.6 Å². The van der Waals surface area contributed by atoms with Crippen LogP contribution in [0.3, 0.4) is 0 Å². The zero-order chi connectivity index (χ0) is 13.7. The molecule has 1 aliphatic rings. The van der Waals surface area contributed by atoms with Gasteiger partial charge in [0.05, 0.1) is 12.1 Å². The highest BCUT2D eigenvalue weighted by Gasteiger charge is 2.27. The van der Waals surface area contributed by atoms with Gasteiger partial charge in [-0.15, -0.1) is 0 Å². The fourth-order valence-electron chi connectivity index (χ4n) is 2.50. The largest absolute Gasteiger partial charge is 0.376 e. The van der Waals surface area contributed by atoms with Gasteiger partial charge in [0.1, 0.15) is 5.69 Å². The third-order valence-electron chi connectivity index (χ3n) is 3.42. The van der Waals surface area contributed by atoms with Crippen molar-refractivity contribution >= 4 is 5.91 Å². The molecule has 1 amide bonds. The number of carbonyl (C=O) groups excluding carboxylic acids is 1. The summed E-state index contributed by atoms with van der Waals surface area (Å²) < 4.78 is 5.67. The molecule has 0 radical (unpaired) electrons. The summed E-state index contributed by atoms with van der Waals surface area (Å²) in [4.78, 5) is 26.1. The van der Waals surface area contributed by atoms with Gasteiger partial charge in [0.15, 0.2) is 5.43 Å². The van der Waals surface area contributed by atoms with E-state index in [1.807, 2.05) is 6.92 Å². The highest BCUT2D eigenvalue weighted by molar-refractivity contribution is 5.92. The number of rotatable bonds is 4. The molecule has 1 heterocycles. The first kappa shape index (κ1) is 13.8. The first-order valence-corrected chi connectivity index (χ1v) is 6.82. The third-order valence-corrected chi connectivity index (χ3v) is 3.42. The number of nitrogens with one attached hydrogen (secondary N) is 2. The summed E-state index contributed by atoms with van der Waals surface area (Å²) in [5.41, 5.74) is 0.127. The second-order valence-electron chi connectivity index (χ2n) is 4.80. The molecule has 2 atom stereocenters. The number of carbonyl (C=O) groups is 1. The molecule has 1 fully saturated rings. The van der Waals surface area contributed by atoms with Crippen molar-refractivity contribution in [2.75, 3.05) is 6.61 Å². The van der Waals surface area contributed by atoms with Gasteiger partial charge in [0, 0.05) is 24.9 Å². The Hall–Kier alpha value is -1.62. The highest BCUT2D eigenvalue weighted by Crippen LogP contribution is 2.21. The Morgan fingerprint density at radius 1 is 1.47 bits per heavy atom.